The number of urea groups is 1. The van der Waals surface area contributed by atoms with Crippen LogP contribution in [0.25, 0.3) is 33.9 Å². The van der Waals surface area contributed by atoms with Gasteiger partial charge in [0.05, 0.1) is 10.9 Å². The van der Waals surface area contributed by atoms with Crippen molar-refractivity contribution in [3.63, 3.8) is 0 Å². The Morgan fingerprint density at radius 2 is 1.93 bits per heavy atom. The normalized spacial score (nSPS) is 18.6. The highest BCUT2D eigenvalue weighted by molar-refractivity contribution is 6.07. The highest BCUT2D eigenvalue weighted by atomic mass is 16.5. The van der Waals surface area contributed by atoms with Gasteiger partial charge in [0.25, 0.3) is 11.8 Å². The topological polar surface area (TPSA) is 139 Å². The van der Waals surface area contributed by atoms with E-state index in [4.69, 9.17) is 4.52 Å². The molecule has 3 aromatic heterocycles. The molecule has 1 unspecified atom stereocenters. The van der Waals surface area contributed by atoms with Gasteiger partial charge in [0, 0.05) is 17.0 Å². The average Bonchev–Trinajstić information content (AvgIpc) is 3.40. The summed E-state index contributed by atoms with van der Waals surface area (Å²) in [5, 5.41) is 17.0. The van der Waals surface area contributed by atoms with Crippen molar-refractivity contribution in [1.29, 1.82) is 0 Å². The van der Waals surface area contributed by atoms with Crippen molar-refractivity contribution in [3.05, 3.63) is 47.3 Å². The van der Waals surface area contributed by atoms with Gasteiger partial charge in [-0.2, -0.15) is 10.1 Å². The van der Waals surface area contributed by atoms with Gasteiger partial charge in [0.2, 0.25) is 5.82 Å². The number of aryl methyl sites for hydroxylation is 2. The van der Waals surface area contributed by atoms with Gasteiger partial charge in [-0.25, -0.2) is 9.78 Å². The molecule has 0 bridgehead atoms. The summed E-state index contributed by atoms with van der Waals surface area (Å²) in [4.78, 5) is 32.8. The molecule has 0 saturated carbocycles. The SMILES string of the molecule is Cc1cc(-c2nc(-c3cccc(C4(C)NC(=O)NC4=O)c3)no2)c2c(C)[nH]nc2n1. The zero-order chi connectivity index (χ0) is 21.0. The maximum absolute atomic E-state index is 12.2. The van der Waals surface area contributed by atoms with Crippen molar-refractivity contribution in [3.8, 4) is 22.8 Å². The van der Waals surface area contributed by atoms with E-state index in [0.717, 1.165) is 22.3 Å². The molecule has 5 rings (SSSR count). The van der Waals surface area contributed by atoms with Crippen LogP contribution in [-0.4, -0.2) is 37.3 Å². The lowest BCUT2D eigenvalue weighted by atomic mass is 9.91. The number of H-pyrrole nitrogens is 1. The third kappa shape index (κ3) is 2.65. The first-order valence-corrected chi connectivity index (χ1v) is 9.26. The number of amides is 3. The Morgan fingerprint density at radius 1 is 1.10 bits per heavy atom. The Morgan fingerprint density at radius 3 is 2.70 bits per heavy atom. The fourth-order valence-corrected chi connectivity index (χ4v) is 3.63. The predicted molar refractivity (Wildman–Crippen MR) is 106 cm³/mol. The molecule has 0 radical (unpaired) electrons. The molecule has 3 amide bonds. The van der Waals surface area contributed by atoms with Gasteiger partial charge >= 0.3 is 6.03 Å². The second kappa shape index (κ2) is 6.21. The van der Waals surface area contributed by atoms with Crippen molar-refractivity contribution < 1.29 is 14.1 Å². The van der Waals surface area contributed by atoms with Crippen LogP contribution in [-0.2, 0) is 10.3 Å². The summed E-state index contributed by atoms with van der Waals surface area (Å²) < 4.78 is 5.54. The molecule has 4 heterocycles. The van der Waals surface area contributed by atoms with E-state index in [1.165, 1.54) is 0 Å². The highest BCUT2D eigenvalue weighted by Crippen LogP contribution is 2.32. The number of hydrogen-bond acceptors (Lipinski definition) is 7. The molecule has 30 heavy (non-hydrogen) atoms. The van der Waals surface area contributed by atoms with E-state index in [2.05, 4.69) is 36.0 Å². The van der Waals surface area contributed by atoms with Crippen LogP contribution >= 0.6 is 0 Å². The summed E-state index contributed by atoms with van der Waals surface area (Å²) >= 11 is 0. The number of benzene rings is 1. The van der Waals surface area contributed by atoms with E-state index >= 15 is 0 Å². The first-order chi connectivity index (χ1) is 14.3. The largest absolute Gasteiger partial charge is 0.334 e. The number of aromatic amines is 1. The highest BCUT2D eigenvalue weighted by Gasteiger charge is 2.43. The van der Waals surface area contributed by atoms with Gasteiger partial charge in [-0.15, -0.1) is 0 Å². The first-order valence-electron chi connectivity index (χ1n) is 9.26. The van der Waals surface area contributed by atoms with E-state index in [0.29, 0.717) is 28.5 Å². The molecule has 1 aromatic carbocycles. The molecule has 10 nitrogen and oxygen atoms in total. The van der Waals surface area contributed by atoms with E-state index in [1.807, 2.05) is 26.0 Å². The van der Waals surface area contributed by atoms with Crippen molar-refractivity contribution in [1.82, 2.24) is 36.0 Å². The number of fused-ring (bicyclic) bond motifs is 1. The van der Waals surface area contributed by atoms with E-state index in [9.17, 15) is 9.59 Å². The molecule has 0 aliphatic carbocycles. The molecule has 4 aromatic rings. The molecule has 1 aliphatic rings. The Bertz CT molecular complexity index is 1340. The van der Waals surface area contributed by atoms with Crippen LogP contribution in [0.5, 0.6) is 0 Å². The van der Waals surface area contributed by atoms with Crippen LogP contribution in [0.3, 0.4) is 0 Å². The number of aromatic nitrogens is 5. The zero-order valence-corrected chi connectivity index (χ0v) is 16.4. The number of nitrogens with zero attached hydrogens (tertiary/aromatic N) is 4. The predicted octanol–water partition coefficient (Wildman–Crippen LogP) is 2.35. The Labute approximate surface area is 170 Å². The summed E-state index contributed by atoms with van der Waals surface area (Å²) in [7, 11) is 0. The third-order valence-electron chi connectivity index (χ3n) is 5.23. The fourth-order valence-electron chi connectivity index (χ4n) is 3.63. The van der Waals surface area contributed by atoms with Gasteiger partial charge < -0.3 is 9.84 Å². The maximum atomic E-state index is 12.2. The number of hydrogen-bond donors (Lipinski definition) is 3. The molecule has 1 fully saturated rings. The summed E-state index contributed by atoms with van der Waals surface area (Å²) in [5.74, 6) is 0.293. The number of imide groups is 1. The lowest BCUT2D eigenvalue weighted by molar-refractivity contribution is -0.123. The van der Waals surface area contributed by atoms with Crippen LogP contribution in [0.15, 0.2) is 34.9 Å². The molecular formula is C20H17N7O3. The maximum Gasteiger partial charge on any atom is 0.322 e. The molecule has 1 atom stereocenters. The summed E-state index contributed by atoms with van der Waals surface area (Å²) in [6.45, 7) is 5.42. The lowest BCUT2D eigenvalue weighted by Crippen LogP contribution is -2.40. The van der Waals surface area contributed by atoms with E-state index < -0.39 is 17.5 Å². The van der Waals surface area contributed by atoms with Gasteiger partial charge in [-0.05, 0) is 38.5 Å². The van der Waals surface area contributed by atoms with Crippen molar-refractivity contribution >= 4 is 23.0 Å². The zero-order valence-electron chi connectivity index (χ0n) is 16.4. The standard InChI is InChI=1S/C20H17N7O3/c1-9-7-13(14-10(2)25-26-16(14)21-9)17-22-15(27-30-17)11-5-4-6-12(8-11)20(3)18(28)23-19(29)24-20/h4-8H,1-3H3,(H,21,25,26)(H2,23,24,28,29). The van der Waals surface area contributed by atoms with Gasteiger partial charge in [0.1, 0.15) is 5.54 Å². The lowest BCUT2D eigenvalue weighted by Gasteiger charge is -2.21. The molecular weight excluding hydrogens is 386 g/mol. The number of carbonyl (C=O) groups excluding carboxylic acids is 2. The number of rotatable bonds is 3. The van der Waals surface area contributed by atoms with Crippen LogP contribution in [0, 0.1) is 13.8 Å². The fraction of sp³-hybridized carbons (Fsp3) is 0.200. The monoisotopic (exact) mass is 403 g/mol. The quantitative estimate of drug-likeness (QED) is 0.446. The molecule has 1 saturated heterocycles. The summed E-state index contributed by atoms with van der Waals surface area (Å²) in [6, 6.07) is 8.46. The second-order valence-electron chi connectivity index (χ2n) is 7.40. The van der Waals surface area contributed by atoms with E-state index in [1.54, 1.807) is 25.1 Å². The Hall–Kier alpha value is -4.08. The minimum atomic E-state index is -1.16. The average molecular weight is 403 g/mol. The number of carbonyl (C=O) groups is 2. The van der Waals surface area contributed by atoms with Crippen molar-refractivity contribution in [2.75, 3.05) is 0 Å². The molecule has 150 valence electrons. The molecule has 10 heteroatoms. The van der Waals surface area contributed by atoms with Crippen LogP contribution < -0.4 is 10.6 Å². The Kier molecular flexibility index (Phi) is 3.72. The minimum Gasteiger partial charge on any atom is -0.334 e. The van der Waals surface area contributed by atoms with Crippen LogP contribution in [0.4, 0.5) is 4.79 Å². The van der Waals surface area contributed by atoms with Crippen molar-refractivity contribution in [2.24, 2.45) is 0 Å². The summed E-state index contributed by atoms with van der Waals surface area (Å²) in [6.07, 6.45) is 0. The third-order valence-corrected chi connectivity index (χ3v) is 5.23. The smallest absolute Gasteiger partial charge is 0.322 e. The van der Waals surface area contributed by atoms with Crippen LogP contribution in [0.1, 0.15) is 23.9 Å². The molecule has 3 N–H and O–H groups in total. The van der Waals surface area contributed by atoms with Crippen molar-refractivity contribution in [2.45, 2.75) is 26.3 Å². The first kappa shape index (κ1) is 18.0. The second-order valence-corrected chi connectivity index (χ2v) is 7.40. The number of pyridine rings is 1. The molecule has 1 aliphatic heterocycles. The summed E-state index contributed by atoms with van der Waals surface area (Å²) in [5.41, 5.74) is 3.06. The Balaban J connectivity index is 1.57. The van der Waals surface area contributed by atoms with Crippen LogP contribution in [0.2, 0.25) is 0 Å². The van der Waals surface area contributed by atoms with Gasteiger partial charge in [0.15, 0.2) is 5.65 Å². The van der Waals surface area contributed by atoms with Gasteiger partial charge in [-0.1, -0.05) is 23.4 Å². The molecule has 0 spiro atoms. The van der Waals surface area contributed by atoms with E-state index in [-0.39, 0.29) is 0 Å². The number of nitrogens with one attached hydrogen (secondary N) is 3. The van der Waals surface area contributed by atoms with Gasteiger partial charge in [-0.3, -0.25) is 15.2 Å². The minimum absolute atomic E-state index is 0.341.